The van der Waals surface area contributed by atoms with Gasteiger partial charge in [0.05, 0.1) is 10.6 Å². The highest BCUT2D eigenvalue weighted by Gasteiger charge is 2.27. The quantitative estimate of drug-likeness (QED) is 0.728. The SMILES string of the molecule is Cc1ccc(S(=O)(=O)CCC(=O)NC(Cc2ccccc2)C2CCCC2)cc1. The number of sulfone groups is 1. The van der Waals surface area contributed by atoms with Crippen LogP contribution in [0.25, 0.3) is 0 Å². The summed E-state index contributed by atoms with van der Waals surface area (Å²) in [7, 11) is -3.45. The molecular formula is C23H29NO3S. The van der Waals surface area contributed by atoms with Gasteiger partial charge in [-0.2, -0.15) is 0 Å². The third-order valence-corrected chi connectivity index (χ3v) is 7.32. The molecule has 0 radical (unpaired) electrons. The molecule has 1 amide bonds. The van der Waals surface area contributed by atoms with Crippen LogP contribution >= 0.6 is 0 Å². The van der Waals surface area contributed by atoms with Crippen LogP contribution in [-0.4, -0.2) is 26.1 Å². The number of aryl methyl sites for hydroxylation is 1. The lowest BCUT2D eigenvalue weighted by molar-refractivity contribution is -0.121. The Labute approximate surface area is 168 Å². The van der Waals surface area contributed by atoms with Crippen LogP contribution < -0.4 is 5.32 Å². The van der Waals surface area contributed by atoms with Crippen LogP contribution in [0.3, 0.4) is 0 Å². The number of hydrogen-bond acceptors (Lipinski definition) is 3. The van der Waals surface area contributed by atoms with Gasteiger partial charge in [0.1, 0.15) is 0 Å². The number of benzene rings is 2. The molecule has 5 heteroatoms. The van der Waals surface area contributed by atoms with E-state index in [-0.39, 0.29) is 29.0 Å². The molecule has 2 aromatic rings. The molecule has 150 valence electrons. The van der Waals surface area contributed by atoms with Crippen molar-refractivity contribution < 1.29 is 13.2 Å². The molecule has 1 unspecified atom stereocenters. The molecule has 1 aliphatic carbocycles. The Morgan fingerprint density at radius 1 is 1.04 bits per heavy atom. The minimum Gasteiger partial charge on any atom is -0.353 e. The fourth-order valence-electron chi connectivity index (χ4n) is 3.93. The molecule has 28 heavy (non-hydrogen) atoms. The predicted molar refractivity (Wildman–Crippen MR) is 112 cm³/mol. The Hall–Kier alpha value is -2.14. The summed E-state index contributed by atoms with van der Waals surface area (Å²) in [4.78, 5) is 12.8. The van der Waals surface area contributed by atoms with Gasteiger partial charge in [0.2, 0.25) is 5.91 Å². The predicted octanol–water partition coefficient (Wildman–Crippen LogP) is 4.08. The maximum absolute atomic E-state index is 12.6. The Kier molecular flexibility index (Phi) is 6.89. The Morgan fingerprint density at radius 3 is 2.32 bits per heavy atom. The third-order valence-electron chi connectivity index (χ3n) is 5.59. The van der Waals surface area contributed by atoms with E-state index < -0.39 is 9.84 Å². The Bertz CT molecular complexity index is 870. The molecule has 3 rings (SSSR count). The summed E-state index contributed by atoms with van der Waals surface area (Å²) in [5.41, 5.74) is 2.21. The standard InChI is InChI=1S/C23H29NO3S/c1-18-11-13-21(14-12-18)28(26,27)16-15-23(25)24-22(20-9-5-6-10-20)17-19-7-3-2-4-8-19/h2-4,7-8,11-14,20,22H,5-6,9-10,15-17H2,1H3,(H,24,25). The molecule has 1 N–H and O–H groups in total. The fraction of sp³-hybridized carbons (Fsp3) is 0.435. The van der Waals surface area contributed by atoms with E-state index in [1.165, 1.54) is 18.4 Å². The average molecular weight is 400 g/mol. The highest BCUT2D eigenvalue weighted by Crippen LogP contribution is 2.29. The van der Waals surface area contributed by atoms with Crippen molar-refractivity contribution in [2.45, 2.75) is 56.4 Å². The van der Waals surface area contributed by atoms with Gasteiger partial charge >= 0.3 is 0 Å². The van der Waals surface area contributed by atoms with Crippen LogP contribution in [0.4, 0.5) is 0 Å². The van der Waals surface area contributed by atoms with Gasteiger partial charge in [-0.05, 0) is 49.8 Å². The van der Waals surface area contributed by atoms with Crippen LogP contribution in [-0.2, 0) is 21.1 Å². The summed E-state index contributed by atoms with van der Waals surface area (Å²) in [5, 5.41) is 3.14. The second-order valence-electron chi connectivity index (χ2n) is 7.79. The molecule has 0 bridgehead atoms. The lowest BCUT2D eigenvalue weighted by Gasteiger charge is -2.25. The zero-order valence-electron chi connectivity index (χ0n) is 16.4. The van der Waals surface area contributed by atoms with Crippen molar-refractivity contribution in [3.63, 3.8) is 0 Å². The molecule has 4 nitrogen and oxygen atoms in total. The zero-order chi connectivity index (χ0) is 20.0. The molecule has 1 saturated carbocycles. The number of carbonyl (C=O) groups excluding carboxylic acids is 1. The summed E-state index contributed by atoms with van der Waals surface area (Å²) in [5.74, 6) is 0.131. The van der Waals surface area contributed by atoms with Gasteiger partial charge in [-0.3, -0.25) is 4.79 Å². The highest BCUT2D eigenvalue weighted by molar-refractivity contribution is 7.91. The molecule has 0 saturated heterocycles. The summed E-state index contributed by atoms with van der Waals surface area (Å²) in [6.45, 7) is 1.92. The molecule has 0 heterocycles. The highest BCUT2D eigenvalue weighted by atomic mass is 32.2. The van der Waals surface area contributed by atoms with Crippen molar-refractivity contribution >= 4 is 15.7 Å². The van der Waals surface area contributed by atoms with Gasteiger partial charge in [0.15, 0.2) is 9.84 Å². The summed E-state index contributed by atoms with van der Waals surface area (Å²) in [6.07, 6.45) is 5.44. The summed E-state index contributed by atoms with van der Waals surface area (Å²) < 4.78 is 25.0. The van der Waals surface area contributed by atoms with Crippen molar-refractivity contribution in [2.75, 3.05) is 5.75 Å². The van der Waals surface area contributed by atoms with Crippen molar-refractivity contribution in [1.82, 2.24) is 5.32 Å². The van der Waals surface area contributed by atoms with Gasteiger partial charge in [-0.15, -0.1) is 0 Å². The van der Waals surface area contributed by atoms with E-state index in [4.69, 9.17) is 0 Å². The van der Waals surface area contributed by atoms with Gasteiger partial charge < -0.3 is 5.32 Å². The lowest BCUT2D eigenvalue weighted by atomic mass is 9.92. The van der Waals surface area contributed by atoms with Gasteiger partial charge in [0.25, 0.3) is 0 Å². The van der Waals surface area contributed by atoms with Crippen molar-refractivity contribution in [1.29, 1.82) is 0 Å². The fourth-order valence-corrected chi connectivity index (χ4v) is 5.17. The molecule has 0 aromatic heterocycles. The van der Waals surface area contributed by atoms with Crippen LogP contribution in [0.1, 0.15) is 43.2 Å². The maximum Gasteiger partial charge on any atom is 0.221 e. The van der Waals surface area contributed by atoms with Crippen molar-refractivity contribution in [3.8, 4) is 0 Å². The lowest BCUT2D eigenvalue weighted by Crippen LogP contribution is -2.41. The largest absolute Gasteiger partial charge is 0.353 e. The minimum atomic E-state index is -3.45. The van der Waals surface area contributed by atoms with Crippen LogP contribution in [0.15, 0.2) is 59.5 Å². The zero-order valence-corrected chi connectivity index (χ0v) is 17.3. The monoisotopic (exact) mass is 399 g/mol. The third kappa shape index (κ3) is 5.68. The Balaban J connectivity index is 1.60. The van der Waals surface area contributed by atoms with E-state index in [9.17, 15) is 13.2 Å². The van der Waals surface area contributed by atoms with Crippen LogP contribution in [0.2, 0.25) is 0 Å². The summed E-state index contributed by atoms with van der Waals surface area (Å²) in [6, 6.07) is 17.0. The van der Waals surface area contributed by atoms with Gasteiger partial charge in [-0.1, -0.05) is 60.9 Å². The van der Waals surface area contributed by atoms with E-state index in [2.05, 4.69) is 17.4 Å². The Morgan fingerprint density at radius 2 is 1.68 bits per heavy atom. The summed E-state index contributed by atoms with van der Waals surface area (Å²) >= 11 is 0. The first-order valence-corrected chi connectivity index (χ1v) is 11.7. The van der Waals surface area contributed by atoms with Crippen LogP contribution in [0.5, 0.6) is 0 Å². The first-order valence-electron chi connectivity index (χ1n) is 10.1. The van der Waals surface area contributed by atoms with E-state index >= 15 is 0 Å². The number of carbonyl (C=O) groups is 1. The van der Waals surface area contributed by atoms with Crippen LogP contribution in [0, 0.1) is 12.8 Å². The van der Waals surface area contributed by atoms with Gasteiger partial charge in [-0.25, -0.2) is 8.42 Å². The molecule has 0 spiro atoms. The van der Waals surface area contributed by atoms with E-state index in [0.29, 0.717) is 5.92 Å². The molecule has 2 aromatic carbocycles. The second kappa shape index (κ2) is 9.37. The number of hydrogen-bond donors (Lipinski definition) is 1. The van der Waals surface area contributed by atoms with E-state index in [0.717, 1.165) is 24.8 Å². The maximum atomic E-state index is 12.6. The molecule has 1 fully saturated rings. The minimum absolute atomic E-state index is 0.00573. The normalized spacial score (nSPS) is 16.0. The molecule has 1 aliphatic rings. The first-order chi connectivity index (χ1) is 13.4. The van der Waals surface area contributed by atoms with E-state index in [1.54, 1.807) is 24.3 Å². The molecular weight excluding hydrogens is 370 g/mol. The first kappa shape index (κ1) is 20.6. The van der Waals surface area contributed by atoms with E-state index in [1.807, 2.05) is 25.1 Å². The smallest absolute Gasteiger partial charge is 0.221 e. The average Bonchev–Trinajstić information content (AvgIpc) is 3.22. The molecule has 1 atom stereocenters. The van der Waals surface area contributed by atoms with Crippen molar-refractivity contribution in [3.05, 3.63) is 65.7 Å². The number of amides is 1. The molecule has 0 aliphatic heterocycles. The van der Waals surface area contributed by atoms with Gasteiger partial charge in [0, 0.05) is 12.5 Å². The number of rotatable bonds is 8. The van der Waals surface area contributed by atoms with Crippen molar-refractivity contribution in [2.24, 2.45) is 5.92 Å². The second-order valence-corrected chi connectivity index (χ2v) is 9.90. The number of nitrogens with one attached hydrogen (secondary N) is 1. The topological polar surface area (TPSA) is 63.2 Å².